The number of anilines is 1. The quantitative estimate of drug-likeness (QED) is 0.431. The van der Waals surface area contributed by atoms with Gasteiger partial charge in [0.25, 0.3) is 0 Å². The number of carbonyl (C=O) groups excluding carboxylic acids is 1. The Morgan fingerprint density at radius 1 is 1.28 bits per heavy atom. The average molecular weight is 406 g/mol. The summed E-state index contributed by atoms with van der Waals surface area (Å²) >= 11 is 11.9. The predicted molar refractivity (Wildman–Crippen MR) is 96.8 cm³/mol. The maximum Gasteiger partial charge on any atom is 0.417 e. The van der Waals surface area contributed by atoms with Crippen LogP contribution in [-0.2, 0) is 6.18 Å². The molecule has 4 nitrogen and oxygen atoms in total. The van der Waals surface area contributed by atoms with Crippen LogP contribution >= 0.6 is 35.6 Å². The van der Waals surface area contributed by atoms with Crippen LogP contribution in [0, 0.1) is 0 Å². The third-order valence-corrected chi connectivity index (χ3v) is 4.40. The van der Waals surface area contributed by atoms with Gasteiger partial charge in [-0.2, -0.15) is 13.2 Å². The fraction of sp³-hybridized carbons (Fsp3) is 0.133. The molecule has 2 aromatic rings. The largest absolute Gasteiger partial charge is 0.417 e. The summed E-state index contributed by atoms with van der Waals surface area (Å²) in [7, 11) is 0. The zero-order valence-electron chi connectivity index (χ0n) is 12.4. The summed E-state index contributed by atoms with van der Waals surface area (Å²) in [6.07, 6.45) is -3.86. The highest BCUT2D eigenvalue weighted by Gasteiger charge is 2.31. The van der Waals surface area contributed by atoms with E-state index in [1.54, 1.807) is 30.3 Å². The molecule has 0 saturated carbocycles. The fourth-order valence-corrected chi connectivity index (χ4v) is 2.66. The van der Waals surface area contributed by atoms with E-state index in [0.29, 0.717) is 11.8 Å². The van der Waals surface area contributed by atoms with E-state index in [0.717, 1.165) is 17.8 Å². The van der Waals surface area contributed by atoms with Crippen molar-refractivity contribution in [1.82, 2.24) is 10.4 Å². The van der Waals surface area contributed by atoms with E-state index in [1.165, 1.54) is 0 Å². The van der Waals surface area contributed by atoms with Crippen LogP contribution in [0.25, 0.3) is 0 Å². The van der Waals surface area contributed by atoms with Crippen molar-refractivity contribution in [1.29, 1.82) is 0 Å². The van der Waals surface area contributed by atoms with Gasteiger partial charge in [-0.1, -0.05) is 65.9 Å². The topological polar surface area (TPSA) is 54.0 Å². The summed E-state index contributed by atoms with van der Waals surface area (Å²) in [5.41, 5.74) is 4.71. The lowest BCUT2D eigenvalue weighted by atomic mass is 10.2. The molecule has 0 bridgehead atoms. The number of Topliss-reactive ketones (excluding diaryl/α,β-unsaturated/α-hetero) is 1. The van der Waals surface area contributed by atoms with E-state index in [2.05, 4.69) is 15.8 Å². The molecule has 0 aliphatic carbocycles. The molecule has 0 saturated heterocycles. The molecule has 0 radical (unpaired) electrons. The first kappa shape index (κ1) is 19.5. The molecule has 0 aliphatic rings. The van der Waals surface area contributed by atoms with Gasteiger partial charge in [0.15, 0.2) is 15.9 Å². The zero-order chi connectivity index (χ0) is 18.4. The maximum atomic E-state index is 12.5. The first-order chi connectivity index (χ1) is 11.8. The number of thioether (sulfide) groups is 1. The number of hydrazine groups is 1. The van der Waals surface area contributed by atoms with Crippen molar-refractivity contribution in [3.05, 3.63) is 58.7 Å². The molecular formula is C15H11ClF3N3OS2. The summed E-state index contributed by atoms with van der Waals surface area (Å²) in [6.45, 7) is 0. The molecule has 1 aromatic carbocycles. The third kappa shape index (κ3) is 5.87. The van der Waals surface area contributed by atoms with Gasteiger partial charge in [0, 0.05) is 11.8 Å². The summed E-state index contributed by atoms with van der Waals surface area (Å²) in [5.74, 6) is 0.0125. The van der Waals surface area contributed by atoms with Gasteiger partial charge in [-0.15, -0.1) is 0 Å². The Hall–Kier alpha value is -1.84. The normalized spacial score (nSPS) is 11.0. The lowest BCUT2D eigenvalue weighted by Crippen LogP contribution is -2.27. The first-order valence-electron chi connectivity index (χ1n) is 6.77. The second-order valence-corrected chi connectivity index (χ2v) is 6.73. The second-order valence-electron chi connectivity index (χ2n) is 4.67. The number of ketones is 1. The summed E-state index contributed by atoms with van der Waals surface area (Å²) in [4.78, 5) is 15.5. The van der Waals surface area contributed by atoms with E-state index in [9.17, 15) is 18.0 Å². The highest BCUT2D eigenvalue weighted by atomic mass is 35.5. The number of benzene rings is 1. The van der Waals surface area contributed by atoms with Gasteiger partial charge in [0.1, 0.15) is 0 Å². The van der Waals surface area contributed by atoms with Crippen molar-refractivity contribution in [2.24, 2.45) is 0 Å². The van der Waals surface area contributed by atoms with E-state index >= 15 is 0 Å². The molecular weight excluding hydrogens is 395 g/mol. The van der Waals surface area contributed by atoms with Crippen molar-refractivity contribution in [3.63, 3.8) is 0 Å². The second kappa shape index (κ2) is 8.50. The molecule has 0 amide bonds. The average Bonchev–Trinajstić information content (AvgIpc) is 2.58. The molecule has 1 heterocycles. The number of halogens is 4. The van der Waals surface area contributed by atoms with Crippen LogP contribution in [0.5, 0.6) is 0 Å². The lowest BCUT2D eigenvalue weighted by Gasteiger charge is -2.12. The Balaban J connectivity index is 1.85. The Morgan fingerprint density at radius 3 is 2.56 bits per heavy atom. The minimum atomic E-state index is -4.52. The van der Waals surface area contributed by atoms with Crippen LogP contribution in [0.2, 0.25) is 5.02 Å². The number of pyridine rings is 1. The number of hydrogen-bond acceptors (Lipinski definition) is 5. The highest BCUT2D eigenvalue weighted by Crippen LogP contribution is 2.32. The Morgan fingerprint density at radius 2 is 1.96 bits per heavy atom. The van der Waals surface area contributed by atoms with Gasteiger partial charge < -0.3 is 0 Å². The van der Waals surface area contributed by atoms with Crippen LogP contribution in [0.1, 0.15) is 15.9 Å². The smallest absolute Gasteiger partial charge is 0.293 e. The van der Waals surface area contributed by atoms with Crippen LogP contribution in [0.3, 0.4) is 0 Å². The molecule has 2 N–H and O–H groups in total. The molecule has 0 atom stereocenters. The van der Waals surface area contributed by atoms with E-state index in [4.69, 9.17) is 23.8 Å². The molecule has 25 heavy (non-hydrogen) atoms. The molecule has 1 aromatic heterocycles. The Labute approximate surface area is 156 Å². The highest BCUT2D eigenvalue weighted by molar-refractivity contribution is 8.23. The SMILES string of the molecule is O=C(CSC(=S)NNc1ncc(C(F)(F)F)cc1Cl)c1ccccc1. The molecule has 10 heteroatoms. The van der Waals surface area contributed by atoms with Crippen molar-refractivity contribution < 1.29 is 18.0 Å². The Bertz CT molecular complexity index is 772. The molecule has 0 fully saturated rings. The van der Waals surface area contributed by atoms with E-state index in [-0.39, 0.29) is 26.7 Å². The predicted octanol–water partition coefficient (Wildman–Crippen LogP) is 4.57. The van der Waals surface area contributed by atoms with Crippen LogP contribution in [-0.4, -0.2) is 20.8 Å². The van der Waals surface area contributed by atoms with Gasteiger partial charge in [0.2, 0.25) is 0 Å². The number of carbonyl (C=O) groups is 1. The molecule has 0 aliphatic heterocycles. The standard InChI is InChI=1S/C15H11ClF3N3OS2/c16-11-6-10(15(17,18)19)7-20-13(11)21-22-14(24)25-8-12(23)9-4-2-1-3-5-9/h1-7H,8H2,(H,20,21)(H,22,24). The first-order valence-corrected chi connectivity index (χ1v) is 8.54. The fourth-order valence-electron chi connectivity index (χ4n) is 1.67. The number of hydrogen-bond donors (Lipinski definition) is 2. The van der Waals surface area contributed by atoms with Gasteiger partial charge in [-0.05, 0) is 6.07 Å². The number of nitrogens with one attached hydrogen (secondary N) is 2. The van der Waals surface area contributed by atoms with Crippen molar-refractivity contribution in [2.75, 3.05) is 11.2 Å². The van der Waals surface area contributed by atoms with Gasteiger partial charge in [0.05, 0.1) is 16.3 Å². The van der Waals surface area contributed by atoms with Crippen LogP contribution in [0.4, 0.5) is 19.0 Å². The van der Waals surface area contributed by atoms with Crippen molar-refractivity contribution in [3.8, 4) is 0 Å². The van der Waals surface area contributed by atoms with Crippen LogP contribution in [0.15, 0.2) is 42.6 Å². The Kier molecular flexibility index (Phi) is 6.63. The van der Waals surface area contributed by atoms with Crippen molar-refractivity contribution in [2.45, 2.75) is 6.18 Å². The minimum Gasteiger partial charge on any atom is -0.293 e. The van der Waals surface area contributed by atoms with Gasteiger partial charge >= 0.3 is 6.18 Å². The van der Waals surface area contributed by atoms with E-state index < -0.39 is 11.7 Å². The molecule has 2 rings (SSSR count). The number of aromatic nitrogens is 1. The number of thiocarbonyl (C=S) groups is 1. The number of nitrogens with zero attached hydrogens (tertiary/aromatic N) is 1. The van der Waals surface area contributed by atoms with Crippen LogP contribution < -0.4 is 10.9 Å². The third-order valence-electron chi connectivity index (χ3n) is 2.88. The van der Waals surface area contributed by atoms with Crippen molar-refractivity contribution >= 4 is 51.5 Å². The summed E-state index contributed by atoms with van der Waals surface area (Å²) in [6, 6.07) is 9.48. The molecule has 0 spiro atoms. The molecule has 0 unspecified atom stereocenters. The summed E-state index contributed by atoms with van der Waals surface area (Å²) in [5, 5.41) is -0.213. The molecule has 132 valence electrons. The van der Waals surface area contributed by atoms with Gasteiger partial charge in [-0.25, -0.2) is 4.98 Å². The maximum absolute atomic E-state index is 12.5. The monoisotopic (exact) mass is 405 g/mol. The zero-order valence-corrected chi connectivity index (χ0v) is 14.8. The number of rotatable bonds is 5. The minimum absolute atomic E-state index is 0.00741. The summed E-state index contributed by atoms with van der Waals surface area (Å²) < 4.78 is 37.8. The number of alkyl halides is 3. The lowest BCUT2D eigenvalue weighted by molar-refractivity contribution is -0.137. The van der Waals surface area contributed by atoms with Gasteiger partial charge in [-0.3, -0.25) is 15.6 Å². The van der Waals surface area contributed by atoms with E-state index in [1.807, 2.05) is 0 Å².